The van der Waals surface area contributed by atoms with Crippen molar-refractivity contribution < 1.29 is 13.2 Å². The first-order valence-electron chi connectivity index (χ1n) is 10.2. The normalized spacial score (nSPS) is 21.0. The first-order valence-corrected chi connectivity index (χ1v) is 11.7. The average molecular weight is 393 g/mol. The average Bonchev–Trinajstić information content (AvgIpc) is 2.97. The number of nitrogens with zero attached hydrogens (tertiary/aromatic N) is 2. The number of carbonyl (C=O) groups excluding carboxylic acids is 1. The third-order valence-electron chi connectivity index (χ3n) is 6.18. The van der Waals surface area contributed by atoms with Gasteiger partial charge in [0, 0.05) is 32.1 Å². The molecule has 1 aromatic carbocycles. The highest BCUT2D eigenvalue weighted by atomic mass is 32.2. The predicted molar refractivity (Wildman–Crippen MR) is 107 cm³/mol. The van der Waals surface area contributed by atoms with Gasteiger partial charge in [-0.15, -0.1) is 0 Å². The Morgan fingerprint density at radius 1 is 0.963 bits per heavy atom. The highest BCUT2D eigenvalue weighted by Crippen LogP contribution is 2.28. The summed E-state index contributed by atoms with van der Waals surface area (Å²) in [7, 11) is -1.53. The molecule has 0 radical (unpaired) electrons. The third-order valence-corrected chi connectivity index (χ3v) is 8.09. The van der Waals surface area contributed by atoms with Crippen molar-refractivity contribution in [1.29, 1.82) is 0 Å². The standard InChI is InChI=1S/C21H32N2O3S/c1-17-9-11-20(12-10-17)27(25,26)23-15-13-18(14-16-23)21(24)22(2)19-7-5-3-4-6-8-19/h9-12,18-19H,3-8,13-16H2,1-2H3. The van der Waals surface area contributed by atoms with E-state index in [9.17, 15) is 13.2 Å². The van der Waals surface area contributed by atoms with Crippen LogP contribution >= 0.6 is 0 Å². The Labute approximate surface area is 163 Å². The lowest BCUT2D eigenvalue weighted by atomic mass is 9.95. The summed E-state index contributed by atoms with van der Waals surface area (Å²) >= 11 is 0. The Kier molecular flexibility index (Phi) is 6.58. The van der Waals surface area contributed by atoms with Crippen molar-refractivity contribution in [1.82, 2.24) is 9.21 Å². The van der Waals surface area contributed by atoms with E-state index in [1.807, 2.05) is 31.0 Å². The fraction of sp³-hybridized carbons (Fsp3) is 0.667. The van der Waals surface area contributed by atoms with Crippen LogP contribution in [0.25, 0.3) is 0 Å². The quantitative estimate of drug-likeness (QED) is 0.736. The third kappa shape index (κ3) is 4.72. The van der Waals surface area contributed by atoms with Crippen LogP contribution in [-0.4, -0.2) is 49.7 Å². The fourth-order valence-corrected chi connectivity index (χ4v) is 5.79. The van der Waals surface area contributed by atoms with Gasteiger partial charge in [0.2, 0.25) is 15.9 Å². The highest BCUT2D eigenvalue weighted by molar-refractivity contribution is 7.89. The Morgan fingerprint density at radius 2 is 1.52 bits per heavy atom. The number of carbonyl (C=O) groups is 1. The van der Waals surface area contributed by atoms with Gasteiger partial charge in [0.1, 0.15) is 0 Å². The van der Waals surface area contributed by atoms with E-state index in [-0.39, 0.29) is 11.8 Å². The molecule has 2 fully saturated rings. The summed E-state index contributed by atoms with van der Waals surface area (Å²) in [6, 6.07) is 7.34. The van der Waals surface area contributed by atoms with Crippen LogP contribution in [0.1, 0.15) is 56.9 Å². The van der Waals surface area contributed by atoms with Gasteiger partial charge >= 0.3 is 0 Å². The molecule has 0 spiro atoms. The van der Waals surface area contributed by atoms with Gasteiger partial charge in [-0.2, -0.15) is 4.31 Å². The number of aryl methyl sites for hydroxylation is 1. The van der Waals surface area contributed by atoms with Crippen molar-refractivity contribution in [3.63, 3.8) is 0 Å². The second-order valence-electron chi connectivity index (χ2n) is 8.09. The summed E-state index contributed by atoms with van der Waals surface area (Å²) in [5.41, 5.74) is 1.04. The van der Waals surface area contributed by atoms with Gasteiger partial charge in [0.15, 0.2) is 0 Å². The minimum Gasteiger partial charge on any atom is -0.343 e. The monoisotopic (exact) mass is 392 g/mol. The number of amides is 1. The van der Waals surface area contributed by atoms with Gasteiger partial charge in [-0.25, -0.2) is 8.42 Å². The molecule has 1 aliphatic carbocycles. The van der Waals surface area contributed by atoms with Gasteiger partial charge in [0.25, 0.3) is 0 Å². The van der Waals surface area contributed by atoms with Crippen LogP contribution in [0.3, 0.4) is 0 Å². The molecule has 0 unspecified atom stereocenters. The summed E-state index contributed by atoms with van der Waals surface area (Å²) in [5, 5.41) is 0. The van der Waals surface area contributed by atoms with E-state index in [4.69, 9.17) is 0 Å². The zero-order valence-electron chi connectivity index (χ0n) is 16.6. The zero-order valence-corrected chi connectivity index (χ0v) is 17.4. The predicted octanol–water partition coefficient (Wildman–Crippen LogP) is 3.58. The van der Waals surface area contributed by atoms with Crippen molar-refractivity contribution in [3.05, 3.63) is 29.8 Å². The molecule has 1 saturated heterocycles. The first-order chi connectivity index (χ1) is 12.9. The molecular weight excluding hydrogens is 360 g/mol. The second kappa shape index (κ2) is 8.74. The maximum Gasteiger partial charge on any atom is 0.243 e. The molecule has 6 heteroatoms. The van der Waals surface area contributed by atoms with E-state index in [1.54, 1.807) is 12.1 Å². The van der Waals surface area contributed by atoms with Gasteiger partial charge < -0.3 is 4.90 Å². The SMILES string of the molecule is Cc1ccc(S(=O)(=O)N2CCC(C(=O)N(C)C3CCCCCC3)CC2)cc1. The molecular formula is C21H32N2O3S. The number of hydrogen-bond acceptors (Lipinski definition) is 3. The molecule has 0 atom stereocenters. The number of benzene rings is 1. The Bertz CT molecular complexity index is 729. The van der Waals surface area contributed by atoms with Crippen molar-refractivity contribution in [2.45, 2.75) is 69.2 Å². The van der Waals surface area contributed by atoms with Gasteiger partial charge in [-0.05, 0) is 44.7 Å². The van der Waals surface area contributed by atoms with Crippen LogP contribution in [0.2, 0.25) is 0 Å². The smallest absolute Gasteiger partial charge is 0.243 e. The van der Waals surface area contributed by atoms with Crippen LogP contribution in [0, 0.1) is 12.8 Å². The lowest BCUT2D eigenvalue weighted by Crippen LogP contribution is -2.46. The molecule has 150 valence electrons. The van der Waals surface area contributed by atoms with E-state index >= 15 is 0 Å². The molecule has 5 nitrogen and oxygen atoms in total. The fourth-order valence-electron chi connectivity index (χ4n) is 4.32. The second-order valence-corrected chi connectivity index (χ2v) is 10.0. The van der Waals surface area contributed by atoms with E-state index in [0.717, 1.165) is 18.4 Å². The van der Waals surface area contributed by atoms with Crippen molar-refractivity contribution in [3.8, 4) is 0 Å². The summed E-state index contributed by atoms with van der Waals surface area (Å²) in [4.78, 5) is 15.2. The summed E-state index contributed by atoms with van der Waals surface area (Å²) in [5.74, 6) is 0.150. The lowest BCUT2D eigenvalue weighted by molar-refractivity contribution is -0.137. The molecule has 0 N–H and O–H groups in total. The van der Waals surface area contributed by atoms with Crippen molar-refractivity contribution in [2.75, 3.05) is 20.1 Å². The Morgan fingerprint density at radius 3 is 2.07 bits per heavy atom. The Balaban J connectivity index is 1.59. The number of hydrogen-bond donors (Lipinski definition) is 0. The van der Waals surface area contributed by atoms with Crippen LogP contribution in [0.15, 0.2) is 29.2 Å². The molecule has 0 bridgehead atoms. The molecule has 27 heavy (non-hydrogen) atoms. The van der Waals surface area contributed by atoms with Gasteiger partial charge in [-0.3, -0.25) is 4.79 Å². The van der Waals surface area contributed by atoms with E-state index in [0.29, 0.717) is 36.9 Å². The molecule has 1 aliphatic heterocycles. The molecule has 1 aromatic rings. The molecule has 0 aromatic heterocycles. The zero-order chi connectivity index (χ0) is 19.4. The maximum absolute atomic E-state index is 12.9. The summed E-state index contributed by atoms with van der Waals surface area (Å²) < 4.78 is 27.2. The van der Waals surface area contributed by atoms with E-state index < -0.39 is 10.0 Å². The molecule has 1 heterocycles. The van der Waals surface area contributed by atoms with Crippen LogP contribution in [0.5, 0.6) is 0 Å². The van der Waals surface area contributed by atoms with Crippen molar-refractivity contribution in [2.24, 2.45) is 5.92 Å². The number of sulfonamides is 1. The summed E-state index contributed by atoms with van der Waals surface area (Å²) in [6.07, 6.45) is 8.38. The highest BCUT2D eigenvalue weighted by Gasteiger charge is 2.34. The summed E-state index contributed by atoms with van der Waals surface area (Å²) in [6.45, 7) is 2.79. The largest absolute Gasteiger partial charge is 0.343 e. The number of piperidine rings is 1. The van der Waals surface area contributed by atoms with Crippen molar-refractivity contribution >= 4 is 15.9 Å². The van der Waals surface area contributed by atoms with Crippen LogP contribution in [0.4, 0.5) is 0 Å². The lowest BCUT2D eigenvalue weighted by Gasteiger charge is -2.35. The minimum absolute atomic E-state index is 0.0530. The molecule has 3 rings (SSSR count). The first kappa shape index (κ1) is 20.3. The van der Waals surface area contributed by atoms with Crippen LogP contribution < -0.4 is 0 Å². The minimum atomic E-state index is -3.47. The maximum atomic E-state index is 12.9. The van der Waals surface area contributed by atoms with Gasteiger partial charge in [-0.1, -0.05) is 43.4 Å². The van der Waals surface area contributed by atoms with Crippen LogP contribution in [-0.2, 0) is 14.8 Å². The van der Waals surface area contributed by atoms with Gasteiger partial charge in [0.05, 0.1) is 4.90 Å². The van der Waals surface area contributed by atoms with E-state index in [2.05, 4.69) is 0 Å². The Hall–Kier alpha value is -1.40. The molecule has 1 amide bonds. The number of rotatable bonds is 4. The van der Waals surface area contributed by atoms with E-state index in [1.165, 1.54) is 30.0 Å². The molecule has 2 aliphatic rings. The topological polar surface area (TPSA) is 57.7 Å². The molecule has 1 saturated carbocycles.